The van der Waals surface area contributed by atoms with E-state index in [2.05, 4.69) is 0 Å². The van der Waals surface area contributed by atoms with E-state index in [1.165, 1.54) is 7.11 Å². The molecule has 2 rings (SSSR count). The van der Waals surface area contributed by atoms with Crippen molar-refractivity contribution in [3.8, 4) is 0 Å². The molecule has 3 atom stereocenters. The summed E-state index contributed by atoms with van der Waals surface area (Å²) in [6.45, 7) is 0.255. The zero-order chi connectivity index (χ0) is 13.9. The fraction of sp³-hybridized carbons (Fsp3) is 0.929. The minimum atomic E-state index is -0.964. The van der Waals surface area contributed by atoms with Crippen LogP contribution in [0.5, 0.6) is 0 Å². The van der Waals surface area contributed by atoms with E-state index in [4.69, 9.17) is 19.9 Å². The first-order valence-electron chi connectivity index (χ1n) is 7.12. The Morgan fingerprint density at radius 3 is 2.47 bits per heavy atom. The van der Waals surface area contributed by atoms with Crippen molar-refractivity contribution in [2.75, 3.05) is 20.8 Å². The van der Waals surface area contributed by atoms with Gasteiger partial charge in [-0.05, 0) is 44.4 Å². The molecule has 0 amide bonds. The highest BCUT2D eigenvalue weighted by Crippen LogP contribution is 2.39. The zero-order valence-corrected chi connectivity index (χ0v) is 11.9. The van der Waals surface area contributed by atoms with E-state index in [9.17, 15) is 4.79 Å². The van der Waals surface area contributed by atoms with Crippen LogP contribution in [0.25, 0.3) is 0 Å². The molecule has 5 nitrogen and oxygen atoms in total. The highest BCUT2D eigenvalue weighted by molar-refractivity contribution is 5.81. The molecule has 0 bridgehead atoms. The highest BCUT2D eigenvalue weighted by Gasteiger charge is 2.49. The number of esters is 1. The molecule has 2 aliphatic rings. The van der Waals surface area contributed by atoms with Gasteiger partial charge < -0.3 is 19.9 Å². The van der Waals surface area contributed by atoms with E-state index in [0.717, 1.165) is 38.5 Å². The Morgan fingerprint density at radius 2 is 1.89 bits per heavy atom. The van der Waals surface area contributed by atoms with Crippen molar-refractivity contribution >= 4 is 5.97 Å². The van der Waals surface area contributed by atoms with Gasteiger partial charge in [0.25, 0.3) is 0 Å². The Bertz CT molecular complexity index is 319. The van der Waals surface area contributed by atoms with E-state index < -0.39 is 5.54 Å². The maximum Gasteiger partial charge on any atom is 0.328 e. The number of hydrogen-bond acceptors (Lipinski definition) is 5. The standard InChI is InChI=1S/C14H25NO4/c1-17-11-4-3-5-12(8-11)19-9-14(15,10-6-7-10)13(16)18-2/h10-12H,3-9,15H2,1-2H3. The predicted octanol–water partition coefficient (Wildman–Crippen LogP) is 1.24. The largest absolute Gasteiger partial charge is 0.468 e. The predicted molar refractivity (Wildman–Crippen MR) is 70.7 cm³/mol. The summed E-state index contributed by atoms with van der Waals surface area (Å²) in [5.41, 5.74) is 5.25. The number of rotatable bonds is 6. The first-order valence-corrected chi connectivity index (χ1v) is 7.12. The second-order valence-electron chi connectivity index (χ2n) is 5.76. The van der Waals surface area contributed by atoms with Gasteiger partial charge in [0.15, 0.2) is 0 Å². The SMILES string of the molecule is COC(=O)C(N)(COC1CCCC(OC)C1)C1CC1. The molecule has 0 aliphatic heterocycles. The Labute approximate surface area is 114 Å². The van der Waals surface area contributed by atoms with Crippen LogP contribution in [0.2, 0.25) is 0 Å². The van der Waals surface area contributed by atoms with Crippen molar-refractivity contribution in [3.05, 3.63) is 0 Å². The van der Waals surface area contributed by atoms with Gasteiger partial charge in [0.2, 0.25) is 0 Å². The van der Waals surface area contributed by atoms with E-state index in [-0.39, 0.29) is 30.7 Å². The lowest BCUT2D eigenvalue weighted by molar-refractivity contribution is -0.152. The smallest absolute Gasteiger partial charge is 0.328 e. The van der Waals surface area contributed by atoms with Gasteiger partial charge in [-0.1, -0.05) is 0 Å². The minimum absolute atomic E-state index is 0.144. The van der Waals surface area contributed by atoms with Crippen LogP contribution in [0, 0.1) is 5.92 Å². The van der Waals surface area contributed by atoms with Crippen molar-refractivity contribution in [3.63, 3.8) is 0 Å². The third kappa shape index (κ3) is 3.46. The van der Waals surface area contributed by atoms with Crippen LogP contribution < -0.4 is 5.73 Å². The summed E-state index contributed by atoms with van der Waals surface area (Å²) in [6, 6.07) is 0. The van der Waals surface area contributed by atoms with E-state index >= 15 is 0 Å². The molecular weight excluding hydrogens is 246 g/mol. The molecule has 5 heteroatoms. The molecule has 0 aromatic heterocycles. The third-order valence-electron chi connectivity index (χ3n) is 4.34. The van der Waals surface area contributed by atoms with Crippen LogP contribution >= 0.6 is 0 Å². The molecule has 2 saturated carbocycles. The van der Waals surface area contributed by atoms with Crippen molar-refractivity contribution < 1.29 is 19.0 Å². The second-order valence-corrected chi connectivity index (χ2v) is 5.76. The normalized spacial score (nSPS) is 30.7. The number of methoxy groups -OCH3 is 2. The van der Waals surface area contributed by atoms with Crippen LogP contribution in [-0.2, 0) is 19.0 Å². The number of carbonyl (C=O) groups is 1. The molecule has 0 aromatic rings. The van der Waals surface area contributed by atoms with Gasteiger partial charge in [-0.3, -0.25) is 0 Å². The molecule has 0 radical (unpaired) electrons. The van der Waals surface area contributed by atoms with Gasteiger partial charge >= 0.3 is 5.97 Å². The number of nitrogens with two attached hydrogens (primary N) is 1. The fourth-order valence-corrected chi connectivity index (χ4v) is 2.86. The monoisotopic (exact) mass is 271 g/mol. The number of hydrogen-bond donors (Lipinski definition) is 1. The lowest BCUT2D eigenvalue weighted by Gasteiger charge is -2.32. The van der Waals surface area contributed by atoms with Crippen LogP contribution in [0.4, 0.5) is 0 Å². The van der Waals surface area contributed by atoms with Crippen LogP contribution in [0.15, 0.2) is 0 Å². The summed E-state index contributed by atoms with van der Waals surface area (Å²) in [5, 5.41) is 0. The molecule has 0 saturated heterocycles. The van der Waals surface area contributed by atoms with Gasteiger partial charge in [0, 0.05) is 7.11 Å². The highest BCUT2D eigenvalue weighted by atomic mass is 16.5. The summed E-state index contributed by atoms with van der Waals surface area (Å²) in [5.74, 6) is -0.143. The average Bonchev–Trinajstić information content (AvgIpc) is 3.29. The van der Waals surface area contributed by atoms with Gasteiger partial charge in [-0.2, -0.15) is 0 Å². The van der Waals surface area contributed by atoms with E-state index in [1.54, 1.807) is 7.11 Å². The minimum Gasteiger partial charge on any atom is -0.468 e. The van der Waals surface area contributed by atoms with Crippen LogP contribution in [0.1, 0.15) is 38.5 Å². The summed E-state index contributed by atoms with van der Waals surface area (Å²) in [6.07, 6.45) is 6.47. The second kappa shape index (κ2) is 6.20. The summed E-state index contributed by atoms with van der Waals surface area (Å²) in [4.78, 5) is 11.9. The molecule has 2 fully saturated rings. The first kappa shape index (κ1) is 14.8. The van der Waals surface area contributed by atoms with Gasteiger partial charge in [-0.25, -0.2) is 4.79 Å². The Balaban J connectivity index is 1.86. The average molecular weight is 271 g/mol. The topological polar surface area (TPSA) is 70.8 Å². The molecule has 2 aliphatic carbocycles. The van der Waals surface area contributed by atoms with E-state index in [1.807, 2.05) is 0 Å². The molecule has 110 valence electrons. The van der Waals surface area contributed by atoms with E-state index in [0.29, 0.717) is 0 Å². The van der Waals surface area contributed by atoms with Crippen molar-refractivity contribution in [2.24, 2.45) is 11.7 Å². The molecule has 0 heterocycles. The van der Waals surface area contributed by atoms with Gasteiger partial charge in [-0.15, -0.1) is 0 Å². The van der Waals surface area contributed by atoms with Gasteiger partial charge in [0.1, 0.15) is 5.54 Å². The third-order valence-corrected chi connectivity index (χ3v) is 4.34. The maximum atomic E-state index is 11.9. The summed E-state index contributed by atoms with van der Waals surface area (Å²) in [7, 11) is 3.12. The van der Waals surface area contributed by atoms with Crippen molar-refractivity contribution in [1.29, 1.82) is 0 Å². The Morgan fingerprint density at radius 1 is 1.21 bits per heavy atom. The van der Waals surface area contributed by atoms with Crippen molar-refractivity contribution in [2.45, 2.75) is 56.3 Å². The zero-order valence-electron chi connectivity index (χ0n) is 11.9. The lowest BCUT2D eigenvalue weighted by atomic mass is 9.93. The van der Waals surface area contributed by atoms with Gasteiger partial charge in [0.05, 0.1) is 25.9 Å². The summed E-state index contributed by atoms with van der Waals surface area (Å²) < 4.78 is 16.1. The Hall–Kier alpha value is -0.650. The Kier molecular flexibility index (Phi) is 4.81. The molecule has 0 spiro atoms. The quantitative estimate of drug-likeness (QED) is 0.736. The summed E-state index contributed by atoms with van der Waals surface area (Å²) >= 11 is 0. The number of carbonyl (C=O) groups excluding carboxylic acids is 1. The lowest BCUT2D eigenvalue weighted by Crippen LogP contribution is -2.55. The molecule has 19 heavy (non-hydrogen) atoms. The van der Waals surface area contributed by atoms with Crippen LogP contribution in [0.3, 0.4) is 0 Å². The van der Waals surface area contributed by atoms with Crippen LogP contribution in [-0.4, -0.2) is 44.5 Å². The van der Waals surface area contributed by atoms with Crippen molar-refractivity contribution in [1.82, 2.24) is 0 Å². The maximum absolute atomic E-state index is 11.9. The fourth-order valence-electron chi connectivity index (χ4n) is 2.86. The molecule has 2 N–H and O–H groups in total. The molecule has 0 aromatic carbocycles. The number of ether oxygens (including phenoxy) is 3. The first-order chi connectivity index (χ1) is 9.10. The molecular formula is C14H25NO4. The molecule has 3 unspecified atom stereocenters.